The van der Waals surface area contributed by atoms with Crippen LogP contribution < -0.4 is 5.32 Å². The average Bonchev–Trinajstić information content (AvgIpc) is 3.25. The number of aromatic nitrogens is 2. The van der Waals surface area contributed by atoms with Crippen molar-refractivity contribution in [2.24, 2.45) is 0 Å². The van der Waals surface area contributed by atoms with Gasteiger partial charge in [0.05, 0.1) is 0 Å². The number of oxazole rings is 2. The summed E-state index contributed by atoms with van der Waals surface area (Å²) < 4.78 is 11.1. The van der Waals surface area contributed by atoms with Gasteiger partial charge in [0.25, 0.3) is 5.91 Å². The fourth-order valence-electron chi connectivity index (χ4n) is 2.87. The highest BCUT2D eigenvalue weighted by Gasteiger charge is 2.21. The van der Waals surface area contributed by atoms with Crippen LogP contribution in [0.5, 0.6) is 0 Å². The quantitative estimate of drug-likeness (QED) is 0.577. The summed E-state index contributed by atoms with van der Waals surface area (Å²) in [5.74, 6) is 1.44. The Morgan fingerprint density at radius 1 is 1.14 bits per heavy atom. The Morgan fingerprint density at radius 2 is 1.96 bits per heavy atom. The molecule has 3 rings (SSSR count). The lowest BCUT2D eigenvalue weighted by atomic mass is 10.1. The van der Waals surface area contributed by atoms with Gasteiger partial charge in [-0.15, -0.1) is 0 Å². The lowest BCUT2D eigenvalue weighted by Crippen LogP contribution is -2.14. The number of benzene rings is 1. The molecule has 0 radical (unpaired) electrons. The molecular formula is C21H23N3O4. The first-order valence-electron chi connectivity index (χ1n) is 9.22. The van der Waals surface area contributed by atoms with Crippen molar-refractivity contribution in [2.45, 2.75) is 46.5 Å². The molecule has 146 valence electrons. The Hall–Kier alpha value is -3.22. The zero-order valence-corrected chi connectivity index (χ0v) is 16.2. The summed E-state index contributed by atoms with van der Waals surface area (Å²) >= 11 is 0. The summed E-state index contributed by atoms with van der Waals surface area (Å²) in [5, 5.41) is 2.70. The van der Waals surface area contributed by atoms with Crippen molar-refractivity contribution in [2.75, 3.05) is 5.32 Å². The Kier molecular flexibility index (Phi) is 6.03. The smallest absolute Gasteiger partial charge is 0.279 e. The van der Waals surface area contributed by atoms with E-state index in [0.717, 1.165) is 24.0 Å². The van der Waals surface area contributed by atoms with E-state index in [1.54, 1.807) is 13.8 Å². The topological polar surface area (TPSA) is 98.2 Å². The first-order valence-corrected chi connectivity index (χ1v) is 9.22. The minimum Gasteiger partial charge on any atom is -0.447 e. The van der Waals surface area contributed by atoms with Crippen LogP contribution >= 0.6 is 0 Å². The van der Waals surface area contributed by atoms with Gasteiger partial charge in [-0.25, -0.2) is 4.98 Å². The molecule has 1 aromatic carbocycles. The van der Waals surface area contributed by atoms with Gasteiger partial charge in [0.1, 0.15) is 12.0 Å². The number of hydrogen-bond donors (Lipinski definition) is 1. The Bertz CT molecular complexity index is 987. The third kappa shape index (κ3) is 4.94. The van der Waals surface area contributed by atoms with Crippen LogP contribution in [0.25, 0.3) is 11.3 Å². The number of anilines is 1. The fourth-order valence-corrected chi connectivity index (χ4v) is 2.87. The lowest BCUT2D eigenvalue weighted by Gasteiger charge is -2.02. The fraction of sp³-hybridized carbons (Fsp3) is 0.333. The molecule has 2 aromatic heterocycles. The van der Waals surface area contributed by atoms with E-state index in [0.29, 0.717) is 36.2 Å². The molecule has 0 fully saturated rings. The van der Waals surface area contributed by atoms with Crippen molar-refractivity contribution < 1.29 is 18.4 Å². The zero-order chi connectivity index (χ0) is 20.1. The number of carbonyl (C=O) groups is 2. The summed E-state index contributed by atoms with van der Waals surface area (Å²) in [7, 11) is 0. The molecule has 1 N–H and O–H groups in total. The molecule has 1 amide bonds. The van der Waals surface area contributed by atoms with E-state index in [1.807, 2.05) is 31.2 Å². The van der Waals surface area contributed by atoms with Gasteiger partial charge >= 0.3 is 0 Å². The third-order valence-corrected chi connectivity index (χ3v) is 4.19. The Labute approximate surface area is 163 Å². The molecule has 0 aliphatic heterocycles. The number of unbranched alkanes of at least 4 members (excludes halogenated alkanes) is 1. The van der Waals surface area contributed by atoms with E-state index in [9.17, 15) is 9.59 Å². The second kappa shape index (κ2) is 8.65. The number of ketones is 1. The van der Waals surface area contributed by atoms with Crippen molar-refractivity contribution in [1.29, 1.82) is 0 Å². The first kappa shape index (κ1) is 19.5. The molecule has 0 spiro atoms. The van der Waals surface area contributed by atoms with Gasteiger partial charge < -0.3 is 18.9 Å². The predicted molar refractivity (Wildman–Crippen MR) is 104 cm³/mol. The molecule has 2 heterocycles. The number of nitrogens with zero attached hydrogens (tertiary/aromatic N) is 2. The molecule has 28 heavy (non-hydrogen) atoms. The molecule has 0 aliphatic carbocycles. The second-order valence-corrected chi connectivity index (χ2v) is 6.77. The van der Waals surface area contributed by atoms with Crippen molar-refractivity contribution in [1.82, 2.24) is 9.97 Å². The molecule has 7 nitrogen and oxygen atoms in total. The van der Waals surface area contributed by atoms with Crippen LogP contribution in [0.15, 0.2) is 39.4 Å². The molecule has 0 unspecified atom stereocenters. The van der Waals surface area contributed by atoms with Crippen LogP contribution in [0.3, 0.4) is 0 Å². The van der Waals surface area contributed by atoms with Crippen LogP contribution in [0.4, 0.5) is 5.82 Å². The number of amides is 1. The molecule has 3 aromatic rings. The standard InChI is InChI=1S/C21H23N3O4/c1-13-7-6-9-16(11-13)20-19(22-15(3)28-20)21(26)24-17-12-27-18(23-17)10-5-4-8-14(2)25/h6-7,9,11-12H,4-5,8,10H2,1-3H3,(H,24,26). The van der Waals surface area contributed by atoms with E-state index in [4.69, 9.17) is 8.83 Å². The third-order valence-electron chi connectivity index (χ3n) is 4.19. The van der Waals surface area contributed by atoms with Crippen molar-refractivity contribution in [3.05, 3.63) is 53.6 Å². The van der Waals surface area contributed by atoms with Gasteiger partial charge in [0, 0.05) is 25.3 Å². The molecule has 0 atom stereocenters. The van der Waals surface area contributed by atoms with E-state index >= 15 is 0 Å². The SMILES string of the molecule is CC(=O)CCCCc1nc(NC(=O)c2nc(C)oc2-c2cccc(C)c2)co1. The van der Waals surface area contributed by atoms with E-state index in [2.05, 4.69) is 15.3 Å². The molecule has 7 heteroatoms. The average molecular weight is 381 g/mol. The molecule has 0 aliphatic rings. The number of hydrogen-bond acceptors (Lipinski definition) is 6. The van der Waals surface area contributed by atoms with Crippen LogP contribution in [0.1, 0.15) is 54.0 Å². The van der Waals surface area contributed by atoms with Crippen molar-refractivity contribution in [3.8, 4) is 11.3 Å². The van der Waals surface area contributed by atoms with Gasteiger partial charge in [-0.1, -0.05) is 23.8 Å². The first-order chi connectivity index (χ1) is 13.4. The summed E-state index contributed by atoms with van der Waals surface area (Å²) in [5.41, 5.74) is 2.05. The number of carbonyl (C=O) groups excluding carboxylic acids is 2. The minimum atomic E-state index is -0.412. The van der Waals surface area contributed by atoms with Gasteiger partial charge in [0.2, 0.25) is 0 Å². The highest BCUT2D eigenvalue weighted by molar-refractivity contribution is 6.06. The van der Waals surface area contributed by atoms with Crippen LogP contribution in [-0.4, -0.2) is 21.7 Å². The number of Topliss-reactive ketones (excluding diaryl/α,β-unsaturated/α-hetero) is 1. The maximum atomic E-state index is 12.7. The summed E-state index contributed by atoms with van der Waals surface area (Å²) in [6.45, 7) is 5.25. The largest absolute Gasteiger partial charge is 0.447 e. The van der Waals surface area contributed by atoms with Crippen molar-refractivity contribution in [3.63, 3.8) is 0 Å². The Morgan fingerprint density at radius 3 is 2.71 bits per heavy atom. The monoisotopic (exact) mass is 381 g/mol. The molecular weight excluding hydrogens is 358 g/mol. The minimum absolute atomic E-state index is 0.174. The second-order valence-electron chi connectivity index (χ2n) is 6.77. The van der Waals surface area contributed by atoms with E-state index in [-0.39, 0.29) is 11.5 Å². The normalized spacial score (nSPS) is 10.8. The predicted octanol–water partition coefficient (Wildman–Crippen LogP) is 4.50. The lowest BCUT2D eigenvalue weighted by molar-refractivity contribution is -0.117. The van der Waals surface area contributed by atoms with E-state index in [1.165, 1.54) is 6.26 Å². The maximum Gasteiger partial charge on any atom is 0.279 e. The summed E-state index contributed by atoms with van der Waals surface area (Å²) in [4.78, 5) is 32.2. The number of rotatable bonds is 8. The van der Waals surface area contributed by atoms with Gasteiger partial charge in [-0.3, -0.25) is 4.79 Å². The van der Waals surface area contributed by atoms with Crippen LogP contribution in [0.2, 0.25) is 0 Å². The molecule has 0 saturated carbocycles. The maximum absolute atomic E-state index is 12.7. The van der Waals surface area contributed by atoms with Gasteiger partial charge in [0.15, 0.2) is 29.1 Å². The van der Waals surface area contributed by atoms with Gasteiger partial charge in [-0.2, -0.15) is 4.98 Å². The summed E-state index contributed by atoms with van der Waals surface area (Å²) in [6.07, 6.45) is 4.15. The molecule has 0 saturated heterocycles. The van der Waals surface area contributed by atoms with Crippen molar-refractivity contribution >= 4 is 17.5 Å². The van der Waals surface area contributed by atoms with Crippen LogP contribution in [-0.2, 0) is 11.2 Å². The number of aryl methyl sites for hydroxylation is 3. The molecule has 0 bridgehead atoms. The number of nitrogens with one attached hydrogen (secondary N) is 1. The van der Waals surface area contributed by atoms with Crippen LogP contribution in [0, 0.1) is 13.8 Å². The Balaban J connectivity index is 1.68. The van der Waals surface area contributed by atoms with Gasteiger partial charge in [-0.05, 0) is 32.8 Å². The zero-order valence-electron chi connectivity index (χ0n) is 16.2. The summed E-state index contributed by atoms with van der Waals surface area (Å²) in [6, 6.07) is 7.69. The highest BCUT2D eigenvalue weighted by Crippen LogP contribution is 2.26. The van der Waals surface area contributed by atoms with E-state index < -0.39 is 5.91 Å². The highest BCUT2D eigenvalue weighted by atomic mass is 16.4.